The molecule has 1 saturated carbocycles. The van der Waals surface area contributed by atoms with Crippen LogP contribution in [0.4, 0.5) is 4.79 Å². The molecule has 0 unspecified atom stereocenters. The molecule has 148 valence electrons. The molecular weight excluding hydrogens is 338 g/mol. The first-order chi connectivity index (χ1) is 12.7. The van der Waals surface area contributed by atoms with Crippen molar-refractivity contribution in [3.05, 3.63) is 35.9 Å². The topological polar surface area (TPSA) is 61.4 Å². The highest BCUT2D eigenvalue weighted by Gasteiger charge is 2.58. The lowest BCUT2D eigenvalue weighted by Crippen LogP contribution is -2.59. The third kappa shape index (κ3) is 3.49. The number of nitrogens with zero attached hydrogens (tertiary/aromatic N) is 1. The first-order valence-electron chi connectivity index (χ1n) is 10.1. The first kappa shape index (κ1) is 19.9. The fourth-order valence-corrected chi connectivity index (χ4v) is 4.85. The molecule has 1 saturated heterocycles. The Balaban J connectivity index is 1.79. The van der Waals surface area contributed by atoms with Crippen molar-refractivity contribution in [2.75, 3.05) is 6.67 Å². The molecule has 5 nitrogen and oxygen atoms in total. The lowest BCUT2D eigenvalue weighted by molar-refractivity contribution is -0.136. The van der Waals surface area contributed by atoms with E-state index in [4.69, 9.17) is 0 Å². The number of carbonyl (C=O) groups is 2. The van der Waals surface area contributed by atoms with Crippen LogP contribution in [0, 0.1) is 17.3 Å². The molecule has 0 bridgehead atoms. The minimum absolute atomic E-state index is 0.0389. The molecule has 1 aliphatic heterocycles. The number of amides is 3. The van der Waals surface area contributed by atoms with E-state index in [1.165, 1.54) is 4.90 Å². The number of nitrogens with one attached hydrogen (secondary N) is 2. The Kier molecular flexibility index (Phi) is 5.35. The fourth-order valence-electron chi connectivity index (χ4n) is 4.85. The highest BCUT2D eigenvalue weighted by molar-refractivity contribution is 6.07. The fraction of sp³-hybridized carbons (Fsp3) is 0.636. The van der Waals surface area contributed by atoms with E-state index in [9.17, 15) is 9.59 Å². The Morgan fingerprint density at radius 1 is 1.15 bits per heavy atom. The SMILES string of the molecule is C[C@@H]1CCC[C@@H](C)C12NC(=O)N(CN[C@@H](c1ccccc1)C(C)(C)C)C2=O. The zero-order valence-corrected chi connectivity index (χ0v) is 17.2. The highest BCUT2D eigenvalue weighted by atomic mass is 16.2. The highest BCUT2D eigenvalue weighted by Crippen LogP contribution is 2.42. The van der Waals surface area contributed by atoms with E-state index in [-0.39, 0.29) is 41.9 Å². The van der Waals surface area contributed by atoms with Gasteiger partial charge in [0.15, 0.2) is 0 Å². The van der Waals surface area contributed by atoms with Crippen molar-refractivity contribution >= 4 is 11.9 Å². The Morgan fingerprint density at radius 3 is 2.30 bits per heavy atom. The summed E-state index contributed by atoms with van der Waals surface area (Å²) >= 11 is 0. The lowest BCUT2D eigenvalue weighted by Gasteiger charge is -2.42. The van der Waals surface area contributed by atoms with Crippen LogP contribution in [0.15, 0.2) is 30.3 Å². The van der Waals surface area contributed by atoms with Gasteiger partial charge in [-0.25, -0.2) is 9.69 Å². The van der Waals surface area contributed by atoms with Crippen molar-refractivity contribution in [2.24, 2.45) is 17.3 Å². The molecule has 2 aliphatic rings. The molecule has 3 rings (SSSR count). The van der Waals surface area contributed by atoms with Crippen LogP contribution in [0.25, 0.3) is 0 Å². The Hall–Kier alpha value is -1.88. The zero-order chi connectivity index (χ0) is 19.8. The van der Waals surface area contributed by atoms with E-state index in [1.807, 2.05) is 18.2 Å². The molecule has 3 amide bonds. The molecule has 0 radical (unpaired) electrons. The molecule has 2 fully saturated rings. The largest absolute Gasteiger partial charge is 0.326 e. The maximum atomic E-state index is 13.3. The van der Waals surface area contributed by atoms with Crippen LogP contribution in [0.1, 0.15) is 65.5 Å². The van der Waals surface area contributed by atoms with E-state index < -0.39 is 5.54 Å². The maximum absolute atomic E-state index is 13.3. The van der Waals surface area contributed by atoms with Crippen LogP contribution in [0.3, 0.4) is 0 Å². The number of urea groups is 1. The van der Waals surface area contributed by atoms with Gasteiger partial charge in [0.1, 0.15) is 5.54 Å². The van der Waals surface area contributed by atoms with Crippen LogP contribution >= 0.6 is 0 Å². The molecule has 1 heterocycles. The second kappa shape index (κ2) is 7.27. The smallest absolute Gasteiger partial charge is 0.323 e. The molecule has 27 heavy (non-hydrogen) atoms. The van der Waals surface area contributed by atoms with Crippen molar-refractivity contribution in [3.8, 4) is 0 Å². The summed E-state index contributed by atoms with van der Waals surface area (Å²) in [5, 5.41) is 6.54. The van der Waals surface area contributed by atoms with Gasteiger partial charge in [0.25, 0.3) is 5.91 Å². The van der Waals surface area contributed by atoms with Gasteiger partial charge in [-0.15, -0.1) is 0 Å². The van der Waals surface area contributed by atoms with E-state index >= 15 is 0 Å². The van der Waals surface area contributed by atoms with Gasteiger partial charge in [0, 0.05) is 6.04 Å². The van der Waals surface area contributed by atoms with Crippen LogP contribution in [-0.4, -0.2) is 29.0 Å². The number of imide groups is 1. The Morgan fingerprint density at radius 2 is 1.74 bits per heavy atom. The van der Waals surface area contributed by atoms with Gasteiger partial charge in [-0.1, -0.05) is 71.4 Å². The minimum Gasteiger partial charge on any atom is -0.323 e. The summed E-state index contributed by atoms with van der Waals surface area (Å²) in [6.07, 6.45) is 3.07. The number of carbonyl (C=O) groups excluding carboxylic acids is 2. The predicted molar refractivity (Wildman–Crippen MR) is 107 cm³/mol. The number of hydrogen-bond acceptors (Lipinski definition) is 3. The van der Waals surface area contributed by atoms with Crippen molar-refractivity contribution in [1.82, 2.24) is 15.5 Å². The average Bonchev–Trinajstić information content (AvgIpc) is 2.85. The van der Waals surface area contributed by atoms with Gasteiger partial charge in [-0.2, -0.15) is 0 Å². The second-order valence-corrected chi connectivity index (χ2v) is 9.34. The molecule has 1 aromatic carbocycles. The van der Waals surface area contributed by atoms with Gasteiger partial charge >= 0.3 is 6.03 Å². The molecule has 5 heteroatoms. The van der Waals surface area contributed by atoms with Gasteiger partial charge in [0.2, 0.25) is 0 Å². The van der Waals surface area contributed by atoms with Gasteiger partial charge in [0.05, 0.1) is 6.67 Å². The molecule has 3 atom stereocenters. The predicted octanol–water partition coefficient (Wildman–Crippen LogP) is 4.07. The molecular formula is C22H33N3O2. The molecule has 0 aromatic heterocycles. The second-order valence-electron chi connectivity index (χ2n) is 9.34. The normalized spacial score (nSPS) is 26.3. The van der Waals surface area contributed by atoms with E-state index in [0.717, 1.165) is 24.8 Å². The third-order valence-corrected chi connectivity index (χ3v) is 6.44. The number of hydrogen-bond donors (Lipinski definition) is 2. The number of rotatable bonds is 4. The molecule has 2 N–H and O–H groups in total. The summed E-state index contributed by atoms with van der Waals surface area (Å²) in [6, 6.07) is 9.97. The Labute approximate surface area is 162 Å². The van der Waals surface area contributed by atoms with E-state index in [1.54, 1.807) is 0 Å². The quantitative estimate of drug-likeness (QED) is 0.785. The summed E-state index contributed by atoms with van der Waals surface area (Å²) in [7, 11) is 0. The average molecular weight is 372 g/mol. The van der Waals surface area contributed by atoms with E-state index in [2.05, 4.69) is 57.4 Å². The molecule has 1 aliphatic carbocycles. The molecule has 1 spiro atoms. The monoisotopic (exact) mass is 371 g/mol. The van der Waals surface area contributed by atoms with Crippen molar-refractivity contribution in [3.63, 3.8) is 0 Å². The lowest BCUT2D eigenvalue weighted by atomic mass is 9.67. The van der Waals surface area contributed by atoms with Crippen LogP contribution < -0.4 is 10.6 Å². The van der Waals surface area contributed by atoms with Crippen molar-refractivity contribution in [1.29, 1.82) is 0 Å². The van der Waals surface area contributed by atoms with Crippen molar-refractivity contribution < 1.29 is 9.59 Å². The number of benzene rings is 1. The maximum Gasteiger partial charge on any atom is 0.326 e. The zero-order valence-electron chi connectivity index (χ0n) is 17.2. The summed E-state index contributed by atoms with van der Waals surface area (Å²) in [5.41, 5.74) is 0.371. The molecule has 1 aromatic rings. The summed E-state index contributed by atoms with van der Waals surface area (Å²) in [4.78, 5) is 27.4. The Bertz CT molecular complexity index is 685. The van der Waals surface area contributed by atoms with E-state index in [0.29, 0.717) is 0 Å². The van der Waals surface area contributed by atoms with Crippen molar-refractivity contribution in [2.45, 2.75) is 65.5 Å². The van der Waals surface area contributed by atoms with Crippen LogP contribution in [0.5, 0.6) is 0 Å². The third-order valence-electron chi connectivity index (χ3n) is 6.44. The summed E-state index contributed by atoms with van der Waals surface area (Å²) < 4.78 is 0. The summed E-state index contributed by atoms with van der Waals surface area (Å²) in [5.74, 6) is 0.255. The van der Waals surface area contributed by atoms with Crippen LogP contribution in [-0.2, 0) is 4.79 Å². The van der Waals surface area contributed by atoms with Gasteiger partial charge in [-0.3, -0.25) is 10.1 Å². The van der Waals surface area contributed by atoms with Crippen LogP contribution in [0.2, 0.25) is 0 Å². The summed E-state index contributed by atoms with van der Waals surface area (Å²) in [6.45, 7) is 10.9. The van der Waals surface area contributed by atoms with Gasteiger partial charge in [-0.05, 0) is 35.7 Å². The van der Waals surface area contributed by atoms with Gasteiger partial charge < -0.3 is 5.32 Å². The first-order valence-corrected chi connectivity index (χ1v) is 10.1. The standard InChI is InChI=1S/C22H33N3O2/c1-15-10-9-11-16(2)22(15)19(26)25(20(27)24-22)14-23-18(21(3,4)5)17-12-7-6-8-13-17/h6-8,12-13,15-16,18,23H,9-11,14H2,1-5H3,(H,24,27)/t15-,16-,18+/m1/s1. The minimum atomic E-state index is -0.735.